The van der Waals surface area contributed by atoms with Crippen molar-refractivity contribution in [3.63, 3.8) is 0 Å². The lowest BCUT2D eigenvalue weighted by atomic mass is 10.1. The van der Waals surface area contributed by atoms with Gasteiger partial charge in [-0.25, -0.2) is 0 Å². The van der Waals surface area contributed by atoms with Gasteiger partial charge in [0, 0.05) is 36.6 Å². The summed E-state index contributed by atoms with van der Waals surface area (Å²) in [6, 6.07) is 7.90. The zero-order valence-corrected chi connectivity index (χ0v) is 21.8. The van der Waals surface area contributed by atoms with Crippen LogP contribution in [0.2, 0.25) is 0 Å². The molecule has 0 radical (unpaired) electrons. The Morgan fingerprint density at radius 1 is 1.20 bits per heavy atom. The van der Waals surface area contributed by atoms with Crippen LogP contribution in [0, 0.1) is 0 Å². The van der Waals surface area contributed by atoms with Gasteiger partial charge in [0.15, 0.2) is 6.10 Å². The Bertz CT molecular complexity index is 1080. The fourth-order valence-electron chi connectivity index (χ4n) is 3.84. The second-order valence-electron chi connectivity index (χ2n) is 8.71. The number of methoxy groups -OCH3 is 1. The summed E-state index contributed by atoms with van der Waals surface area (Å²) in [5.41, 5.74) is 1.56. The molecule has 0 aliphatic carbocycles. The number of aromatic nitrogens is 1. The summed E-state index contributed by atoms with van der Waals surface area (Å²) < 4.78 is 5.88. The van der Waals surface area contributed by atoms with Gasteiger partial charge in [-0.3, -0.25) is 19.4 Å². The molecule has 1 fully saturated rings. The second-order valence-corrected chi connectivity index (χ2v) is 9.63. The molecule has 11 heteroatoms. The molecular weight excluding hydrogens is 518 g/mol. The topological polar surface area (TPSA) is 133 Å². The Balaban J connectivity index is 1.58. The van der Waals surface area contributed by atoms with Crippen molar-refractivity contribution in [3.05, 3.63) is 40.5 Å². The molecule has 2 heterocycles. The molecule has 5 atom stereocenters. The number of aliphatic hydroxyl groups excluding tert-OH is 1. The molecular formula is C24H32BrN5O5. The van der Waals surface area contributed by atoms with Crippen LogP contribution in [-0.2, 0) is 19.1 Å². The van der Waals surface area contributed by atoms with Crippen LogP contribution in [0.4, 0.5) is 0 Å². The Hall–Kier alpha value is -2.60. The first-order chi connectivity index (χ1) is 16.6. The third-order valence-electron chi connectivity index (χ3n) is 6.10. The van der Waals surface area contributed by atoms with E-state index in [0.29, 0.717) is 13.1 Å². The quantitative estimate of drug-likeness (QED) is 0.384. The SMILES string of the molecule is CO[C@@H](C)[C@H](O)C(=O)N[C@@H](C)C(=O)N1CCN[C@H](C(=O)N[C@H](C)c2ccc3ccc(Br)cc3n2)C1. The van der Waals surface area contributed by atoms with Gasteiger partial charge in [0.1, 0.15) is 12.1 Å². The number of amides is 3. The number of nitrogens with one attached hydrogen (secondary N) is 3. The van der Waals surface area contributed by atoms with E-state index in [-0.39, 0.29) is 24.4 Å². The highest BCUT2D eigenvalue weighted by atomic mass is 79.9. The molecule has 0 spiro atoms. The van der Waals surface area contributed by atoms with Gasteiger partial charge in [-0.2, -0.15) is 0 Å². The van der Waals surface area contributed by atoms with Crippen LogP contribution in [0.3, 0.4) is 0 Å². The number of carbonyl (C=O) groups is 3. The molecule has 0 unspecified atom stereocenters. The number of hydrogen-bond donors (Lipinski definition) is 4. The summed E-state index contributed by atoms with van der Waals surface area (Å²) in [5.74, 6) is -1.26. The average molecular weight is 550 g/mol. The number of rotatable bonds is 8. The normalized spacial score (nSPS) is 19.5. The van der Waals surface area contributed by atoms with Crippen molar-refractivity contribution < 1.29 is 24.2 Å². The lowest BCUT2D eigenvalue weighted by Gasteiger charge is -2.35. The summed E-state index contributed by atoms with van der Waals surface area (Å²) in [6.45, 7) is 5.96. The van der Waals surface area contributed by atoms with Crippen LogP contribution in [0.1, 0.15) is 32.5 Å². The van der Waals surface area contributed by atoms with Crippen molar-refractivity contribution in [2.24, 2.45) is 0 Å². The number of piperazine rings is 1. The van der Waals surface area contributed by atoms with Crippen LogP contribution in [-0.4, -0.2) is 83.7 Å². The molecule has 1 saturated heterocycles. The summed E-state index contributed by atoms with van der Waals surface area (Å²) in [4.78, 5) is 44.2. The minimum Gasteiger partial charge on any atom is -0.381 e. The molecule has 190 valence electrons. The predicted octanol–water partition coefficient (Wildman–Crippen LogP) is 0.875. The molecule has 1 aliphatic rings. The van der Waals surface area contributed by atoms with Crippen LogP contribution < -0.4 is 16.0 Å². The Kier molecular flexibility index (Phi) is 9.17. The number of fused-ring (bicyclic) bond motifs is 1. The van der Waals surface area contributed by atoms with Crippen LogP contribution in [0.25, 0.3) is 10.9 Å². The average Bonchev–Trinajstić information content (AvgIpc) is 2.86. The number of benzene rings is 1. The van der Waals surface area contributed by atoms with E-state index in [2.05, 4.69) is 36.9 Å². The fraction of sp³-hybridized carbons (Fsp3) is 0.500. The number of pyridine rings is 1. The van der Waals surface area contributed by atoms with E-state index in [4.69, 9.17) is 4.74 Å². The molecule has 0 saturated carbocycles. The van der Waals surface area contributed by atoms with Gasteiger partial charge in [-0.15, -0.1) is 0 Å². The summed E-state index contributed by atoms with van der Waals surface area (Å²) in [6.07, 6.45) is -2.09. The molecule has 0 bridgehead atoms. The van der Waals surface area contributed by atoms with E-state index in [1.54, 1.807) is 13.8 Å². The van der Waals surface area contributed by atoms with Crippen molar-refractivity contribution in [2.45, 2.75) is 51.1 Å². The van der Waals surface area contributed by atoms with Crippen molar-refractivity contribution >= 4 is 44.6 Å². The van der Waals surface area contributed by atoms with Crippen molar-refractivity contribution in [3.8, 4) is 0 Å². The number of aliphatic hydroxyl groups is 1. The Morgan fingerprint density at radius 3 is 2.63 bits per heavy atom. The molecule has 2 aromatic rings. The summed E-state index contributed by atoms with van der Waals surface area (Å²) in [5, 5.41) is 19.6. The molecule has 1 aromatic heterocycles. The number of hydrogen-bond acceptors (Lipinski definition) is 7. The number of ether oxygens (including phenoxy) is 1. The first-order valence-corrected chi connectivity index (χ1v) is 12.3. The van der Waals surface area contributed by atoms with Gasteiger partial charge < -0.3 is 30.7 Å². The first kappa shape index (κ1) is 27.0. The maximum Gasteiger partial charge on any atom is 0.252 e. The second kappa shape index (κ2) is 11.9. The Morgan fingerprint density at radius 2 is 1.91 bits per heavy atom. The lowest BCUT2D eigenvalue weighted by Crippen LogP contribution is -2.61. The van der Waals surface area contributed by atoms with Crippen LogP contribution in [0.15, 0.2) is 34.8 Å². The van der Waals surface area contributed by atoms with Gasteiger partial charge in [0.2, 0.25) is 11.8 Å². The van der Waals surface area contributed by atoms with Crippen molar-refractivity contribution in [1.29, 1.82) is 0 Å². The molecule has 4 N–H and O–H groups in total. The first-order valence-electron chi connectivity index (χ1n) is 11.5. The molecule has 10 nitrogen and oxygen atoms in total. The number of halogens is 1. The van der Waals surface area contributed by atoms with E-state index < -0.39 is 30.2 Å². The van der Waals surface area contributed by atoms with Gasteiger partial charge in [-0.05, 0) is 39.0 Å². The molecule has 35 heavy (non-hydrogen) atoms. The van der Waals surface area contributed by atoms with E-state index in [9.17, 15) is 19.5 Å². The maximum atomic E-state index is 12.9. The summed E-state index contributed by atoms with van der Waals surface area (Å²) in [7, 11) is 1.39. The molecule has 3 amide bonds. The zero-order chi connectivity index (χ0) is 25.7. The number of nitrogens with zero attached hydrogens (tertiary/aromatic N) is 2. The zero-order valence-electron chi connectivity index (χ0n) is 20.2. The van der Waals surface area contributed by atoms with E-state index in [1.807, 2.05) is 37.3 Å². The highest BCUT2D eigenvalue weighted by Crippen LogP contribution is 2.21. The minimum atomic E-state index is -1.39. The third kappa shape index (κ3) is 6.75. The predicted molar refractivity (Wildman–Crippen MR) is 134 cm³/mol. The van der Waals surface area contributed by atoms with Gasteiger partial charge in [0.05, 0.1) is 23.4 Å². The standard InChI is InChI=1S/C24H32BrN5O5/c1-13(18-8-6-16-5-7-17(25)11-19(16)29-18)27-22(32)20-12-30(10-9-26-20)24(34)14(2)28-23(33)21(31)15(3)35-4/h5-8,11,13-15,20-21,26,31H,9-10,12H2,1-4H3,(H,27,32)(H,28,33)/t13-,14+,15+,20+,21+/m1/s1. The van der Waals surface area contributed by atoms with Crippen molar-refractivity contribution in [1.82, 2.24) is 25.8 Å². The lowest BCUT2D eigenvalue weighted by molar-refractivity contribution is -0.143. The maximum absolute atomic E-state index is 12.9. The van der Waals surface area contributed by atoms with Gasteiger partial charge >= 0.3 is 0 Å². The molecule has 3 rings (SSSR count). The monoisotopic (exact) mass is 549 g/mol. The molecule has 1 aromatic carbocycles. The fourth-order valence-corrected chi connectivity index (χ4v) is 4.19. The van der Waals surface area contributed by atoms with Crippen LogP contribution >= 0.6 is 15.9 Å². The Labute approximate surface area is 212 Å². The summed E-state index contributed by atoms with van der Waals surface area (Å²) >= 11 is 3.45. The van der Waals surface area contributed by atoms with Gasteiger partial charge in [0.25, 0.3) is 5.91 Å². The third-order valence-corrected chi connectivity index (χ3v) is 6.59. The van der Waals surface area contributed by atoms with E-state index >= 15 is 0 Å². The largest absolute Gasteiger partial charge is 0.381 e. The van der Waals surface area contributed by atoms with E-state index in [1.165, 1.54) is 12.0 Å². The van der Waals surface area contributed by atoms with Gasteiger partial charge in [-0.1, -0.05) is 28.1 Å². The van der Waals surface area contributed by atoms with E-state index in [0.717, 1.165) is 21.1 Å². The highest BCUT2D eigenvalue weighted by Gasteiger charge is 2.32. The smallest absolute Gasteiger partial charge is 0.252 e. The molecule has 1 aliphatic heterocycles. The highest BCUT2D eigenvalue weighted by molar-refractivity contribution is 9.10. The minimum absolute atomic E-state index is 0.159. The van der Waals surface area contributed by atoms with Crippen LogP contribution in [0.5, 0.6) is 0 Å². The number of carbonyl (C=O) groups excluding carboxylic acids is 3. The van der Waals surface area contributed by atoms with Crippen molar-refractivity contribution in [2.75, 3.05) is 26.7 Å².